The van der Waals surface area contributed by atoms with E-state index in [1.165, 1.54) is 12.1 Å². The van der Waals surface area contributed by atoms with Gasteiger partial charge >= 0.3 is 0 Å². The van der Waals surface area contributed by atoms with Crippen LogP contribution in [0.1, 0.15) is 34.8 Å². The molecule has 0 spiro atoms. The first-order chi connectivity index (χ1) is 22.7. The normalized spacial score (nSPS) is 17.1. The molecule has 3 amide bonds. The number of ether oxygens (including phenoxy) is 1. The Balaban J connectivity index is 1.26. The number of nitrogens with one attached hydrogen (secondary N) is 3. The van der Waals surface area contributed by atoms with Crippen LogP contribution in [-0.4, -0.2) is 51.1 Å². The molecule has 11 heteroatoms. The number of aryl methyl sites for hydroxylation is 2. The van der Waals surface area contributed by atoms with Gasteiger partial charge in [-0.1, -0.05) is 109 Å². The second-order valence-corrected chi connectivity index (χ2v) is 12.9. The molecule has 4 aromatic rings. The number of hydrogen-bond acceptors (Lipinski definition) is 7. The molecule has 0 aromatic heterocycles. The van der Waals surface area contributed by atoms with Gasteiger partial charge in [0, 0.05) is 12.8 Å². The molecule has 0 aliphatic carbocycles. The lowest BCUT2D eigenvalue weighted by molar-refractivity contribution is -0.159. The van der Waals surface area contributed by atoms with Crippen molar-refractivity contribution in [1.82, 2.24) is 16.0 Å². The summed E-state index contributed by atoms with van der Waals surface area (Å²) in [6.07, 6.45) is -0.980. The van der Waals surface area contributed by atoms with E-state index < -0.39 is 46.3 Å². The molecule has 1 unspecified atom stereocenters. The third-order valence-electron chi connectivity index (χ3n) is 7.75. The van der Waals surface area contributed by atoms with Crippen LogP contribution < -0.4 is 16.0 Å². The molecule has 1 saturated heterocycles. The van der Waals surface area contributed by atoms with E-state index in [0.29, 0.717) is 12.0 Å². The molecule has 244 valence electrons. The highest BCUT2D eigenvalue weighted by molar-refractivity contribution is 7.86. The summed E-state index contributed by atoms with van der Waals surface area (Å²) in [7, 11) is -4.10. The number of benzene rings is 4. The molecular weight excluding hydrogens is 618 g/mol. The summed E-state index contributed by atoms with van der Waals surface area (Å²) in [6, 6.07) is 31.9. The van der Waals surface area contributed by atoms with Crippen LogP contribution in [0.15, 0.2) is 120 Å². The molecule has 1 fully saturated rings. The van der Waals surface area contributed by atoms with E-state index >= 15 is 0 Å². The fourth-order valence-electron chi connectivity index (χ4n) is 5.07. The average molecular weight is 656 g/mol. The minimum Gasteiger partial charge on any atom is -0.345 e. The van der Waals surface area contributed by atoms with Crippen LogP contribution in [0.5, 0.6) is 0 Å². The summed E-state index contributed by atoms with van der Waals surface area (Å²) in [6.45, 7) is 1.48. The van der Waals surface area contributed by atoms with Crippen LogP contribution in [0.25, 0.3) is 0 Å². The van der Waals surface area contributed by atoms with Crippen molar-refractivity contribution in [2.24, 2.45) is 0 Å². The fraction of sp³-hybridized carbons (Fsp3) is 0.250. The van der Waals surface area contributed by atoms with Gasteiger partial charge in [-0.2, -0.15) is 8.42 Å². The third kappa shape index (κ3) is 9.35. The number of carbonyl (C=O) groups is 3. The van der Waals surface area contributed by atoms with Gasteiger partial charge in [0.25, 0.3) is 10.1 Å². The molecule has 47 heavy (non-hydrogen) atoms. The summed E-state index contributed by atoms with van der Waals surface area (Å²) >= 11 is 0. The van der Waals surface area contributed by atoms with Crippen molar-refractivity contribution in [3.63, 3.8) is 0 Å². The largest absolute Gasteiger partial charge is 0.345 e. The Morgan fingerprint density at radius 3 is 2.04 bits per heavy atom. The summed E-state index contributed by atoms with van der Waals surface area (Å²) in [4.78, 5) is 39.2. The van der Waals surface area contributed by atoms with Crippen molar-refractivity contribution in [3.05, 3.63) is 138 Å². The van der Waals surface area contributed by atoms with Crippen molar-refractivity contribution in [1.29, 1.82) is 0 Å². The summed E-state index contributed by atoms with van der Waals surface area (Å²) in [5.41, 5.74) is 3.35. The zero-order chi connectivity index (χ0) is 33.2. The Kier molecular flexibility index (Phi) is 11.2. The summed E-state index contributed by atoms with van der Waals surface area (Å²) < 4.78 is 37.4. The Labute approximate surface area is 274 Å². The van der Waals surface area contributed by atoms with Crippen molar-refractivity contribution in [2.75, 3.05) is 6.61 Å². The van der Waals surface area contributed by atoms with Crippen LogP contribution in [-0.2, 0) is 46.3 Å². The minimum atomic E-state index is -4.10. The maximum absolute atomic E-state index is 13.6. The van der Waals surface area contributed by atoms with Crippen molar-refractivity contribution in [2.45, 2.75) is 55.5 Å². The maximum Gasteiger partial charge on any atom is 0.297 e. The van der Waals surface area contributed by atoms with Crippen LogP contribution in [0.3, 0.4) is 0 Å². The maximum atomic E-state index is 13.6. The van der Waals surface area contributed by atoms with Crippen LogP contribution in [0.4, 0.5) is 0 Å². The Morgan fingerprint density at radius 2 is 1.43 bits per heavy atom. The van der Waals surface area contributed by atoms with Gasteiger partial charge in [0.05, 0.1) is 11.5 Å². The van der Waals surface area contributed by atoms with Gasteiger partial charge in [0.1, 0.15) is 12.1 Å². The fourth-order valence-corrected chi connectivity index (χ4v) is 5.98. The number of amides is 3. The van der Waals surface area contributed by atoms with E-state index in [0.717, 1.165) is 16.7 Å². The SMILES string of the molecule is Cc1ccc(S(=O)(=O)OCC(O[C@H]2NC(=O)[C@H]2NC(=O)[C@H](Cc2ccccc2)NC(=O)CCc2ccccc2)c2ccccc2)cc1. The molecule has 10 nitrogen and oxygen atoms in total. The number of β-lactam (4-membered cyclic amide) rings is 1. The molecule has 3 N–H and O–H groups in total. The standard InChI is InChI=1S/C36H37N3O7S/c1-25-17-20-29(21-18-25)47(43,44)45-24-31(28-15-9-4-10-16-28)46-36-33(35(42)39-36)38-34(41)30(23-27-13-7-3-8-14-27)37-32(40)22-19-26-11-5-2-6-12-26/h2-18,20-21,30-31,33,36H,19,22-24H2,1H3,(H,37,40)(H,38,41)(H,39,42)/t30-,31?,33+,36+/m0/s1. The highest BCUT2D eigenvalue weighted by Crippen LogP contribution is 2.25. The second kappa shape index (κ2) is 15.6. The van der Waals surface area contributed by atoms with E-state index in [2.05, 4.69) is 16.0 Å². The Morgan fingerprint density at radius 1 is 0.830 bits per heavy atom. The quantitative estimate of drug-likeness (QED) is 0.131. The highest BCUT2D eigenvalue weighted by Gasteiger charge is 2.44. The predicted octanol–water partition coefficient (Wildman–Crippen LogP) is 3.76. The minimum absolute atomic E-state index is 0.00673. The first-order valence-corrected chi connectivity index (χ1v) is 16.7. The van der Waals surface area contributed by atoms with Gasteiger partial charge in [-0.25, -0.2) is 0 Å². The van der Waals surface area contributed by atoms with Crippen molar-refractivity contribution in [3.8, 4) is 0 Å². The lowest BCUT2D eigenvalue weighted by Crippen LogP contribution is -2.71. The van der Waals surface area contributed by atoms with Gasteiger partial charge in [0.15, 0.2) is 12.3 Å². The smallest absolute Gasteiger partial charge is 0.297 e. The van der Waals surface area contributed by atoms with Crippen molar-refractivity contribution < 1.29 is 31.7 Å². The third-order valence-corrected chi connectivity index (χ3v) is 9.05. The zero-order valence-electron chi connectivity index (χ0n) is 25.9. The van der Waals surface area contributed by atoms with Crippen LogP contribution in [0, 0.1) is 6.92 Å². The lowest BCUT2D eigenvalue weighted by Gasteiger charge is -2.39. The molecule has 1 aliphatic rings. The van der Waals surface area contributed by atoms with Gasteiger partial charge in [-0.05, 0) is 42.2 Å². The van der Waals surface area contributed by atoms with Crippen LogP contribution in [0.2, 0.25) is 0 Å². The predicted molar refractivity (Wildman–Crippen MR) is 175 cm³/mol. The molecule has 0 bridgehead atoms. The van der Waals surface area contributed by atoms with E-state index in [1.54, 1.807) is 42.5 Å². The van der Waals surface area contributed by atoms with Gasteiger partial charge < -0.3 is 20.7 Å². The van der Waals surface area contributed by atoms with Crippen molar-refractivity contribution >= 4 is 27.8 Å². The first kappa shape index (κ1) is 33.5. The molecule has 5 rings (SSSR count). The van der Waals surface area contributed by atoms with Gasteiger partial charge in [0.2, 0.25) is 17.7 Å². The van der Waals surface area contributed by atoms with E-state index in [1.807, 2.05) is 67.6 Å². The molecule has 1 aliphatic heterocycles. The van der Waals surface area contributed by atoms with Gasteiger partial charge in [-0.3, -0.25) is 18.6 Å². The Hall–Kier alpha value is -4.84. The van der Waals surface area contributed by atoms with E-state index in [-0.39, 0.29) is 30.3 Å². The second-order valence-electron chi connectivity index (χ2n) is 11.3. The molecule has 4 atom stereocenters. The molecule has 4 aromatic carbocycles. The monoisotopic (exact) mass is 655 g/mol. The lowest BCUT2D eigenvalue weighted by atomic mass is 10.0. The number of rotatable bonds is 15. The molecule has 0 radical (unpaired) electrons. The topological polar surface area (TPSA) is 140 Å². The van der Waals surface area contributed by atoms with E-state index in [9.17, 15) is 22.8 Å². The van der Waals surface area contributed by atoms with Crippen LogP contribution >= 0.6 is 0 Å². The summed E-state index contributed by atoms with van der Waals surface area (Å²) in [5, 5.41) is 8.19. The first-order valence-electron chi connectivity index (χ1n) is 15.3. The average Bonchev–Trinajstić information content (AvgIpc) is 3.08. The number of hydrogen-bond donors (Lipinski definition) is 3. The highest BCUT2D eigenvalue weighted by atomic mass is 32.2. The zero-order valence-corrected chi connectivity index (χ0v) is 26.7. The summed E-state index contributed by atoms with van der Waals surface area (Å²) in [5.74, 6) is -1.33. The molecule has 0 saturated carbocycles. The number of carbonyl (C=O) groups excluding carboxylic acids is 3. The molecule has 1 heterocycles. The Bertz CT molecular complexity index is 1750. The van der Waals surface area contributed by atoms with E-state index in [4.69, 9.17) is 8.92 Å². The van der Waals surface area contributed by atoms with Gasteiger partial charge in [-0.15, -0.1) is 0 Å². The molecular formula is C36H37N3O7S.